The molecule has 2 aromatic rings. The molecule has 0 aliphatic heterocycles. The van der Waals surface area contributed by atoms with Crippen molar-refractivity contribution >= 4 is 27.5 Å². The molecular weight excluding hydrogens is 450 g/mol. The number of carbonyl (C=O) groups excluding carboxylic acids is 2. The third-order valence-electron chi connectivity index (χ3n) is 6.13. The lowest BCUT2D eigenvalue weighted by atomic mass is 10.1. The largest absolute Gasteiger partial charge is 0.352 e. The second-order valence-corrected chi connectivity index (χ2v) is 10.9. The van der Waals surface area contributed by atoms with Crippen molar-refractivity contribution in [3.8, 4) is 0 Å². The van der Waals surface area contributed by atoms with E-state index in [9.17, 15) is 18.0 Å². The minimum absolute atomic E-state index is 0.0340. The first kappa shape index (κ1) is 27.4. The molecule has 0 heterocycles. The zero-order chi connectivity index (χ0) is 25.6. The third-order valence-corrected chi connectivity index (χ3v) is 7.25. The van der Waals surface area contributed by atoms with Gasteiger partial charge in [0.15, 0.2) is 0 Å². The third kappa shape index (κ3) is 7.06. The lowest BCUT2D eigenvalue weighted by molar-refractivity contribution is -0.139. The van der Waals surface area contributed by atoms with Crippen molar-refractivity contribution in [2.45, 2.75) is 66.6 Å². The summed E-state index contributed by atoms with van der Waals surface area (Å²) in [6.45, 7) is 11.0. The van der Waals surface area contributed by atoms with Gasteiger partial charge in [0, 0.05) is 12.6 Å². The Kier molecular flexibility index (Phi) is 9.27. The molecule has 34 heavy (non-hydrogen) atoms. The van der Waals surface area contributed by atoms with Crippen LogP contribution < -0.4 is 9.62 Å². The highest BCUT2D eigenvalue weighted by Crippen LogP contribution is 2.25. The predicted molar refractivity (Wildman–Crippen MR) is 137 cm³/mol. The highest BCUT2D eigenvalue weighted by atomic mass is 32.2. The molecule has 1 N–H and O–H groups in total. The topological polar surface area (TPSA) is 86.8 Å². The first-order chi connectivity index (χ1) is 15.8. The maximum absolute atomic E-state index is 13.6. The van der Waals surface area contributed by atoms with E-state index in [0.717, 1.165) is 39.2 Å². The van der Waals surface area contributed by atoms with E-state index in [1.54, 1.807) is 19.1 Å². The van der Waals surface area contributed by atoms with Gasteiger partial charge in [-0.25, -0.2) is 8.42 Å². The minimum atomic E-state index is -3.75. The van der Waals surface area contributed by atoms with Crippen molar-refractivity contribution in [1.29, 1.82) is 0 Å². The number of nitrogens with one attached hydrogen (secondary N) is 1. The average Bonchev–Trinajstić information content (AvgIpc) is 2.76. The number of nitrogens with zero attached hydrogens (tertiary/aromatic N) is 2. The van der Waals surface area contributed by atoms with Gasteiger partial charge in [-0.1, -0.05) is 48.9 Å². The van der Waals surface area contributed by atoms with Crippen LogP contribution in [0.5, 0.6) is 0 Å². The summed E-state index contributed by atoms with van der Waals surface area (Å²) in [7, 11) is -3.75. The summed E-state index contributed by atoms with van der Waals surface area (Å²) in [6.07, 6.45) is 1.85. The van der Waals surface area contributed by atoms with Crippen molar-refractivity contribution in [2.75, 3.05) is 17.1 Å². The first-order valence-corrected chi connectivity index (χ1v) is 13.4. The van der Waals surface area contributed by atoms with Crippen LogP contribution in [0.3, 0.4) is 0 Å². The molecule has 2 atom stereocenters. The SMILES string of the molecule is CC[C@H](C)NC(=O)[C@H](C)N(Cc1cccc(C)c1)C(=O)CN(c1cccc(C)c1C)S(C)(=O)=O. The molecule has 8 heteroatoms. The lowest BCUT2D eigenvalue weighted by Gasteiger charge is -2.32. The number of anilines is 1. The van der Waals surface area contributed by atoms with Crippen LogP contribution in [0.25, 0.3) is 0 Å². The van der Waals surface area contributed by atoms with E-state index in [4.69, 9.17) is 0 Å². The fourth-order valence-corrected chi connectivity index (χ4v) is 4.56. The Hall–Kier alpha value is -2.87. The van der Waals surface area contributed by atoms with E-state index >= 15 is 0 Å². The molecule has 0 aliphatic carbocycles. The molecule has 2 amide bonds. The number of rotatable bonds is 10. The molecule has 186 valence electrons. The van der Waals surface area contributed by atoms with Crippen molar-refractivity contribution in [3.63, 3.8) is 0 Å². The fraction of sp³-hybridized carbons (Fsp3) is 0.462. The Morgan fingerprint density at radius 2 is 1.68 bits per heavy atom. The molecule has 2 rings (SSSR count). The Bertz CT molecular complexity index is 1130. The molecule has 0 radical (unpaired) electrons. The minimum Gasteiger partial charge on any atom is -0.352 e. The molecule has 0 aliphatic rings. The maximum Gasteiger partial charge on any atom is 0.244 e. The van der Waals surface area contributed by atoms with Gasteiger partial charge in [-0.15, -0.1) is 0 Å². The highest BCUT2D eigenvalue weighted by Gasteiger charge is 2.31. The summed E-state index contributed by atoms with van der Waals surface area (Å²) in [5.41, 5.74) is 4.08. The summed E-state index contributed by atoms with van der Waals surface area (Å²) < 4.78 is 26.6. The standard InChI is InChI=1S/C26H37N3O4S/c1-8-20(4)27-26(31)22(6)28(16-23-13-9-11-18(2)15-23)25(30)17-29(34(7,32)33)24-14-10-12-19(3)21(24)5/h9-15,20,22H,8,16-17H2,1-7H3,(H,27,31)/t20-,22-/m0/s1. The van der Waals surface area contributed by atoms with Crippen LogP contribution >= 0.6 is 0 Å². The van der Waals surface area contributed by atoms with Crippen LogP contribution in [-0.4, -0.2) is 50.0 Å². The Labute approximate surface area is 204 Å². The second kappa shape index (κ2) is 11.5. The van der Waals surface area contributed by atoms with Crippen molar-refractivity contribution in [3.05, 3.63) is 64.7 Å². The van der Waals surface area contributed by atoms with Gasteiger partial charge < -0.3 is 10.2 Å². The second-order valence-electron chi connectivity index (χ2n) is 8.99. The molecule has 0 unspecified atom stereocenters. The number of carbonyl (C=O) groups is 2. The number of amides is 2. The average molecular weight is 488 g/mol. The van der Waals surface area contributed by atoms with Gasteiger partial charge in [-0.2, -0.15) is 0 Å². The van der Waals surface area contributed by atoms with Crippen LogP contribution in [0.2, 0.25) is 0 Å². The summed E-state index contributed by atoms with van der Waals surface area (Å²) in [5, 5.41) is 2.93. The molecule has 0 spiro atoms. The van der Waals surface area contributed by atoms with Crippen LogP contribution in [0.1, 0.15) is 49.4 Å². The van der Waals surface area contributed by atoms with E-state index in [1.165, 1.54) is 4.90 Å². The van der Waals surface area contributed by atoms with E-state index < -0.39 is 28.5 Å². The van der Waals surface area contributed by atoms with Crippen molar-refractivity contribution in [1.82, 2.24) is 10.2 Å². The van der Waals surface area contributed by atoms with Gasteiger partial charge in [0.05, 0.1) is 11.9 Å². The molecule has 2 aromatic carbocycles. The van der Waals surface area contributed by atoms with Crippen molar-refractivity contribution < 1.29 is 18.0 Å². The van der Waals surface area contributed by atoms with Gasteiger partial charge in [0.1, 0.15) is 12.6 Å². The van der Waals surface area contributed by atoms with Gasteiger partial charge >= 0.3 is 0 Å². The number of hydrogen-bond donors (Lipinski definition) is 1. The van der Waals surface area contributed by atoms with Crippen LogP contribution in [0.15, 0.2) is 42.5 Å². The molecule has 0 bridgehead atoms. The highest BCUT2D eigenvalue weighted by molar-refractivity contribution is 7.92. The Morgan fingerprint density at radius 3 is 2.26 bits per heavy atom. The van der Waals surface area contributed by atoms with E-state index in [0.29, 0.717) is 5.69 Å². The van der Waals surface area contributed by atoms with E-state index in [1.807, 2.05) is 65.0 Å². The lowest BCUT2D eigenvalue weighted by Crippen LogP contribution is -2.52. The van der Waals surface area contributed by atoms with E-state index in [2.05, 4.69) is 5.32 Å². The van der Waals surface area contributed by atoms with Crippen LogP contribution in [0, 0.1) is 20.8 Å². The summed E-state index contributed by atoms with van der Waals surface area (Å²) in [5.74, 6) is -0.715. The smallest absolute Gasteiger partial charge is 0.244 e. The fourth-order valence-electron chi connectivity index (χ4n) is 3.66. The van der Waals surface area contributed by atoms with Gasteiger partial charge in [-0.05, 0) is 63.8 Å². The molecule has 0 aromatic heterocycles. The number of aryl methyl sites for hydroxylation is 2. The van der Waals surface area contributed by atoms with Crippen LogP contribution in [0.4, 0.5) is 5.69 Å². The van der Waals surface area contributed by atoms with Gasteiger partial charge in [-0.3, -0.25) is 13.9 Å². The quantitative estimate of drug-likeness (QED) is 0.554. The molecule has 7 nitrogen and oxygen atoms in total. The van der Waals surface area contributed by atoms with E-state index in [-0.39, 0.29) is 18.5 Å². The van der Waals surface area contributed by atoms with Crippen molar-refractivity contribution in [2.24, 2.45) is 0 Å². The molecular formula is C26H37N3O4S. The first-order valence-electron chi connectivity index (χ1n) is 11.5. The van der Waals surface area contributed by atoms with Gasteiger partial charge in [0.25, 0.3) is 0 Å². The van der Waals surface area contributed by atoms with Gasteiger partial charge in [0.2, 0.25) is 21.8 Å². The Morgan fingerprint density at radius 1 is 1.03 bits per heavy atom. The summed E-state index contributed by atoms with van der Waals surface area (Å²) in [6, 6.07) is 12.3. The normalized spacial score (nSPS) is 13.1. The Balaban J connectivity index is 2.43. The monoisotopic (exact) mass is 487 g/mol. The number of hydrogen-bond acceptors (Lipinski definition) is 4. The molecule has 0 saturated heterocycles. The molecule has 0 fully saturated rings. The number of benzene rings is 2. The summed E-state index contributed by atoms with van der Waals surface area (Å²) in [4.78, 5) is 28.0. The zero-order valence-electron chi connectivity index (χ0n) is 21.3. The summed E-state index contributed by atoms with van der Waals surface area (Å²) >= 11 is 0. The number of sulfonamides is 1. The molecule has 0 saturated carbocycles. The van der Waals surface area contributed by atoms with Crippen LogP contribution in [-0.2, 0) is 26.2 Å². The maximum atomic E-state index is 13.6. The zero-order valence-corrected chi connectivity index (χ0v) is 22.1. The predicted octanol–water partition coefficient (Wildman–Crippen LogP) is 3.71.